The molecule has 1 saturated heterocycles. The summed E-state index contributed by atoms with van der Waals surface area (Å²) in [5.41, 5.74) is 1.05. The van der Waals surface area contributed by atoms with Gasteiger partial charge >= 0.3 is 12.2 Å². The summed E-state index contributed by atoms with van der Waals surface area (Å²) in [6.07, 6.45) is -4.59. The maximum Gasteiger partial charge on any atom is 0.417 e. The summed E-state index contributed by atoms with van der Waals surface area (Å²) >= 11 is 5.64. The average molecular weight is 452 g/mol. The number of benzene rings is 2. The molecule has 1 N–H and O–H groups in total. The Labute approximate surface area is 182 Å². The van der Waals surface area contributed by atoms with Gasteiger partial charge in [0.05, 0.1) is 21.6 Å². The molecule has 0 unspecified atom stereocenters. The van der Waals surface area contributed by atoms with Crippen molar-refractivity contribution in [3.8, 4) is 0 Å². The molecule has 1 aliphatic heterocycles. The van der Waals surface area contributed by atoms with Crippen LogP contribution in [0.2, 0.25) is 5.02 Å². The smallest absolute Gasteiger partial charge is 0.339 e. The zero-order valence-electron chi connectivity index (χ0n) is 16.8. The summed E-state index contributed by atoms with van der Waals surface area (Å²) in [6, 6.07) is 10.8. The molecular weight excluding hydrogens is 431 g/mol. The normalized spacial score (nSPS) is 14.9. The van der Waals surface area contributed by atoms with Crippen LogP contribution in [0.5, 0.6) is 0 Å². The van der Waals surface area contributed by atoms with Gasteiger partial charge in [-0.05, 0) is 37.3 Å². The van der Waals surface area contributed by atoms with E-state index in [1.54, 1.807) is 4.90 Å². The van der Waals surface area contributed by atoms with Gasteiger partial charge in [-0.1, -0.05) is 23.7 Å². The van der Waals surface area contributed by atoms with Crippen molar-refractivity contribution in [2.75, 3.05) is 36.4 Å². The highest BCUT2D eigenvalue weighted by Crippen LogP contribution is 2.36. The highest BCUT2D eigenvalue weighted by Gasteiger charge is 2.33. The molecule has 0 spiro atoms. The summed E-state index contributed by atoms with van der Waals surface area (Å²) in [5, 5.41) is 2.13. The number of halogens is 4. The third-order valence-electron chi connectivity index (χ3n) is 5.32. The van der Waals surface area contributed by atoms with E-state index in [4.69, 9.17) is 16.6 Å². The van der Waals surface area contributed by atoms with Gasteiger partial charge in [-0.3, -0.25) is 0 Å². The molecule has 10 heteroatoms. The van der Waals surface area contributed by atoms with E-state index in [2.05, 4.69) is 21.7 Å². The minimum atomic E-state index is -4.59. The van der Waals surface area contributed by atoms with E-state index in [-0.39, 0.29) is 5.69 Å². The zero-order chi connectivity index (χ0) is 22.2. The summed E-state index contributed by atoms with van der Waals surface area (Å²) in [7, 11) is 0. The maximum absolute atomic E-state index is 13.0. The molecule has 2 heterocycles. The summed E-state index contributed by atoms with van der Waals surface area (Å²) in [6.45, 7) is 4.84. The number of hydrogen-bond donors (Lipinski definition) is 1. The average Bonchev–Trinajstić information content (AvgIpc) is 3.13. The van der Waals surface area contributed by atoms with Crippen molar-refractivity contribution in [2.45, 2.75) is 19.6 Å². The van der Waals surface area contributed by atoms with Crippen LogP contribution >= 0.6 is 11.6 Å². The number of carbonyl (C=O) groups excluding carboxylic acids is 1. The lowest BCUT2D eigenvalue weighted by molar-refractivity contribution is -0.137. The maximum atomic E-state index is 13.0. The fourth-order valence-electron chi connectivity index (χ4n) is 3.75. The van der Waals surface area contributed by atoms with E-state index in [0.29, 0.717) is 26.2 Å². The van der Waals surface area contributed by atoms with E-state index in [1.807, 2.05) is 24.3 Å². The van der Waals surface area contributed by atoms with Gasteiger partial charge in [0.15, 0.2) is 0 Å². The van der Waals surface area contributed by atoms with Gasteiger partial charge < -0.3 is 19.7 Å². The van der Waals surface area contributed by atoms with Gasteiger partial charge in [-0.25, -0.2) is 9.78 Å². The van der Waals surface area contributed by atoms with Gasteiger partial charge in [-0.2, -0.15) is 13.2 Å². The highest BCUT2D eigenvalue weighted by atomic mass is 35.5. The highest BCUT2D eigenvalue weighted by molar-refractivity contribution is 6.31. The predicted molar refractivity (Wildman–Crippen MR) is 115 cm³/mol. The first-order valence-electron chi connectivity index (χ1n) is 9.91. The zero-order valence-corrected chi connectivity index (χ0v) is 17.5. The Bertz CT molecular complexity index is 1110. The van der Waals surface area contributed by atoms with E-state index in [9.17, 15) is 18.0 Å². The Balaban J connectivity index is 1.43. The number of aryl methyl sites for hydroxylation is 1. The number of aromatic nitrogens is 2. The standard InChI is InChI=1S/C21H21ClF3N5O/c1-2-30-18-6-4-3-5-17(18)27-19(30)28-9-11-29(12-10-28)20(31)26-14-7-8-16(22)15(13-14)21(23,24)25/h3-8,13H,2,9-12H2,1H3,(H,26,31). The van der Waals surface area contributed by atoms with Crippen LogP contribution in [0, 0.1) is 0 Å². The number of urea groups is 1. The molecule has 3 aromatic rings. The fourth-order valence-corrected chi connectivity index (χ4v) is 3.97. The van der Waals surface area contributed by atoms with E-state index in [1.165, 1.54) is 6.07 Å². The third-order valence-corrected chi connectivity index (χ3v) is 5.65. The number of anilines is 2. The Morgan fingerprint density at radius 3 is 2.52 bits per heavy atom. The monoisotopic (exact) mass is 451 g/mol. The number of imidazole rings is 1. The van der Waals surface area contributed by atoms with Crippen molar-refractivity contribution in [2.24, 2.45) is 0 Å². The first-order chi connectivity index (χ1) is 14.8. The minimum Gasteiger partial charge on any atom is -0.339 e. The Kier molecular flexibility index (Phi) is 5.70. The van der Waals surface area contributed by atoms with Crippen molar-refractivity contribution < 1.29 is 18.0 Å². The van der Waals surface area contributed by atoms with Crippen LogP contribution in [0.3, 0.4) is 0 Å². The lowest BCUT2D eigenvalue weighted by Crippen LogP contribution is -2.50. The molecule has 0 saturated carbocycles. The van der Waals surface area contributed by atoms with Crippen molar-refractivity contribution in [3.05, 3.63) is 53.1 Å². The van der Waals surface area contributed by atoms with Gasteiger partial charge in [-0.15, -0.1) is 0 Å². The molecule has 0 radical (unpaired) electrons. The molecule has 1 aromatic heterocycles. The number of alkyl halides is 3. The number of rotatable bonds is 3. The number of amides is 2. The molecule has 0 bridgehead atoms. The largest absolute Gasteiger partial charge is 0.417 e. The number of nitrogens with zero attached hydrogens (tertiary/aromatic N) is 4. The molecule has 2 amide bonds. The number of hydrogen-bond acceptors (Lipinski definition) is 3. The summed E-state index contributed by atoms with van der Waals surface area (Å²) in [4.78, 5) is 21.0. The van der Waals surface area contributed by atoms with Crippen LogP contribution in [0.15, 0.2) is 42.5 Å². The van der Waals surface area contributed by atoms with E-state index >= 15 is 0 Å². The van der Waals surface area contributed by atoms with Crippen LogP contribution < -0.4 is 10.2 Å². The first-order valence-corrected chi connectivity index (χ1v) is 10.3. The van der Waals surface area contributed by atoms with Crippen molar-refractivity contribution in [1.29, 1.82) is 0 Å². The predicted octanol–water partition coefficient (Wildman–Crippen LogP) is 5.08. The molecule has 0 atom stereocenters. The number of carbonyl (C=O) groups is 1. The van der Waals surface area contributed by atoms with E-state index in [0.717, 1.165) is 35.7 Å². The molecule has 4 rings (SSSR count). The number of fused-ring (bicyclic) bond motifs is 1. The van der Waals surface area contributed by atoms with Crippen molar-refractivity contribution in [3.63, 3.8) is 0 Å². The van der Waals surface area contributed by atoms with Crippen LogP contribution in [0.4, 0.5) is 29.6 Å². The van der Waals surface area contributed by atoms with Crippen LogP contribution in [0.25, 0.3) is 11.0 Å². The van der Waals surface area contributed by atoms with Crippen molar-refractivity contribution in [1.82, 2.24) is 14.5 Å². The summed E-state index contributed by atoms with van der Waals surface area (Å²) in [5.74, 6) is 0.858. The molecular formula is C21H21ClF3N5O. The number of piperazine rings is 1. The lowest BCUT2D eigenvalue weighted by atomic mass is 10.2. The molecule has 164 valence electrons. The van der Waals surface area contributed by atoms with Gasteiger partial charge in [0.2, 0.25) is 5.95 Å². The first kappa shape index (κ1) is 21.3. The van der Waals surface area contributed by atoms with Crippen LogP contribution in [-0.4, -0.2) is 46.7 Å². The van der Waals surface area contributed by atoms with Crippen molar-refractivity contribution >= 4 is 40.3 Å². The number of para-hydroxylation sites is 2. The van der Waals surface area contributed by atoms with E-state index < -0.39 is 22.8 Å². The summed E-state index contributed by atoms with van der Waals surface area (Å²) < 4.78 is 41.3. The molecule has 31 heavy (non-hydrogen) atoms. The molecule has 6 nitrogen and oxygen atoms in total. The van der Waals surface area contributed by atoms with Gasteiger partial charge in [0.1, 0.15) is 0 Å². The molecule has 2 aromatic carbocycles. The Morgan fingerprint density at radius 2 is 1.84 bits per heavy atom. The Hall–Kier alpha value is -2.94. The number of nitrogens with one attached hydrogen (secondary N) is 1. The second kappa shape index (κ2) is 8.30. The minimum absolute atomic E-state index is 0.0527. The lowest BCUT2D eigenvalue weighted by Gasteiger charge is -2.35. The third kappa shape index (κ3) is 4.27. The fraction of sp³-hybridized carbons (Fsp3) is 0.333. The van der Waals surface area contributed by atoms with Gasteiger partial charge in [0, 0.05) is 38.4 Å². The molecule has 1 fully saturated rings. The second-order valence-corrected chi connectivity index (χ2v) is 7.65. The van der Waals surface area contributed by atoms with Gasteiger partial charge in [0.25, 0.3) is 0 Å². The molecule has 0 aliphatic carbocycles. The SMILES string of the molecule is CCn1c(N2CCN(C(=O)Nc3ccc(Cl)c(C(F)(F)F)c3)CC2)nc2ccccc21. The molecule has 1 aliphatic rings. The van der Waals surface area contributed by atoms with Crippen LogP contribution in [0.1, 0.15) is 12.5 Å². The second-order valence-electron chi connectivity index (χ2n) is 7.24. The quantitative estimate of drug-likeness (QED) is 0.604. The Morgan fingerprint density at radius 1 is 1.13 bits per heavy atom. The van der Waals surface area contributed by atoms with Crippen LogP contribution in [-0.2, 0) is 12.7 Å². The topological polar surface area (TPSA) is 53.4 Å².